The second-order valence-electron chi connectivity index (χ2n) is 4.45. The van der Waals surface area contributed by atoms with Crippen LogP contribution in [0.4, 0.5) is 0 Å². The molecule has 1 aromatic rings. The predicted molar refractivity (Wildman–Crippen MR) is 61.5 cm³/mol. The minimum absolute atomic E-state index is 0.307. The first kappa shape index (κ1) is 11.5. The fraction of sp³-hybridized carbons (Fsp3) is 0.545. The summed E-state index contributed by atoms with van der Waals surface area (Å²) in [6.45, 7) is 7.30. The van der Waals surface area contributed by atoms with Crippen molar-refractivity contribution in [2.45, 2.75) is 27.2 Å². The van der Waals surface area contributed by atoms with Crippen molar-refractivity contribution < 1.29 is 4.74 Å². The molecule has 0 spiro atoms. The van der Waals surface area contributed by atoms with Crippen molar-refractivity contribution in [1.82, 2.24) is 4.98 Å². The molecule has 0 atom stereocenters. The highest BCUT2D eigenvalue weighted by Crippen LogP contribution is 2.23. The minimum atomic E-state index is 0.307. The Morgan fingerprint density at radius 2 is 2.14 bits per heavy atom. The molecule has 0 aliphatic heterocycles. The summed E-state index contributed by atoms with van der Waals surface area (Å²) < 4.78 is 6.47. The van der Waals surface area contributed by atoms with Gasteiger partial charge >= 0.3 is 0 Å². The Balaban J connectivity index is 2.43. The summed E-state index contributed by atoms with van der Waals surface area (Å²) in [5, 5.41) is 0. The number of rotatable bonds is 3. The van der Waals surface area contributed by atoms with E-state index in [9.17, 15) is 0 Å². The first-order valence-corrected chi connectivity index (χ1v) is 5.52. The number of aromatic nitrogens is 1. The Hall–Kier alpha value is -0.570. The fourth-order valence-corrected chi connectivity index (χ4v) is 1.30. The molecule has 0 saturated carbocycles. The average Bonchev–Trinajstić information content (AvgIpc) is 2.06. The Bertz CT molecular complexity index is 294. The Morgan fingerprint density at radius 3 is 2.71 bits per heavy atom. The van der Waals surface area contributed by atoms with Gasteiger partial charge in [0.1, 0.15) is 0 Å². The van der Waals surface area contributed by atoms with Gasteiger partial charge in [0.15, 0.2) is 0 Å². The van der Waals surface area contributed by atoms with Crippen LogP contribution in [-0.2, 0) is 0 Å². The molecule has 0 unspecified atom stereocenters. The molecule has 2 nitrogen and oxygen atoms in total. The minimum Gasteiger partial charge on any atom is -0.477 e. The monoisotopic (exact) mass is 257 g/mol. The highest BCUT2D eigenvalue weighted by Gasteiger charge is 2.10. The van der Waals surface area contributed by atoms with Crippen molar-refractivity contribution in [3.8, 4) is 5.88 Å². The quantitative estimate of drug-likeness (QED) is 0.825. The number of ether oxygens (including phenoxy) is 1. The van der Waals surface area contributed by atoms with E-state index in [0.29, 0.717) is 17.9 Å². The second-order valence-corrected chi connectivity index (χ2v) is 5.30. The van der Waals surface area contributed by atoms with Gasteiger partial charge in [-0.1, -0.05) is 20.8 Å². The van der Waals surface area contributed by atoms with Crippen LogP contribution in [0.25, 0.3) is 0 Å². The lowest BCUT2D eigenvalue weighted by atomic mass is 9.93. The lowest BCUT2D eigenvalue weighted by molar-refractivity contribution is 0.235. The van der Waals surface area contributed by atoms with E-state index < -0.39 is 0 Å². The molecule has 78 valence electrons. The highest BCUT2D eigenvalue weighted by atomic mass is 79.9. The van der Waals surface area contributed by atoms with Crippen LogP contribution in [0.3, 0.4) is 0 Å². The van der Waals surface area contributed by atoms with Gasteiger partial charge in [0.25, 0.3) is 0 Å². The fourth-order valence-electron chi connectivity index (χ4n) is 0.931. The third-order valence-corrected chi connectivity index (χ3v) is 2.42. The number of pyridine rings is 1. The molecule has 3 heteroatoms. The normalized spacial score (nSPS) is 11.4. The van der Waals surface area contributed by atoms with Crippen molar-refractivity contribution in [2.75, 3.05) is 6.61 Å². The number of hydrogen-bond acceptors (Lipinski definition) is 2. The van der Waals surface area contributed by atoms with Crippen molar-refractivity contribution in [3.63, 3.8) is 0 Å². The Morgan fingerprint density at radius 1 is 1.43 bits per heavy atom. The van der Waals surface area contributed by atoms with Gasteiger partial charge in [0.2, 0.25) is 5.88 Å². The third-order valence-electron chi connectivity index (χ3n) is 1.82. The molecular weight excluding hydrogens is 242 g/mol. The second kappa shape index (κ2) is 4.78. The van der Waals surface area contributed by atoms with Crippen LogP contribution in [0.1, 0.15) is 27.2 Å². The molecule has 14 heavy (non-hydrogen) atoms. The summed E-state index contributed by atoms with van der Waals surface area (Å²) in [6.07, 6.45) is 2.76. The van der Waals surface area contributed by atoms with Gasteiger partial charge in [-0.2, -0.15) is 0 Å². The van der Waals surface area contributed by atoms with Crippen LogP contribution in [0, 0.1) is 5.41 Å². The Labute approximate surface area is 93.8 Å². The summed E-state index contributed by atoms with van der Waals surface area (Å²) in [7, 11) is 0. The molecular formula is C11H16BrNO. The van der Waals surface area contributed by atoms with Gasteiger partial charge < -0.3 is 4.74 Å². The molecule has 0 saturated heterocycles. The van der Waals surface area contributed by atoms with Crippen molar-refractivity contribution in [3.05, 3.63) is 22.8 Å². The van der Waals surface area contributed by atoms with E-state index in [4.69, 9.17) is 4.74 Å². The number of nitrogens with zero attached hydrogens (tertiary/aromatic N) is 1. The van der Waals surface area contributed by atoms with Gasteiger partial charge in [0.05, 0.1) is 11.1 Å². The standard InChI is InChI=1S/C11H16BrNO/c1-11(2,3)6-8-14-10-9(12)5-4-7-13-10/h4-5,7H,6,8H2,1-3H3. The van der Waals surface area contributed by atoms with Gasteiger partial charge in [-0.15, -0.1) is 0 Å². The lowest BCUT2D eigenvalue weighted by Crippen LogP contribution is -2.11. The summed E-state index contributed by atoms with van der Waals surface area (Å²) in [6, 6.07) is 3.81. The first-order valence-electron chi connectivity index (χ1n) is 4.72. The molecule has 0 amide bonds. The van der Waals surface area contributed by atoms with Crippen LogP contribution in [-0.4, -0.2) is 11.6 Å². The Kier molecular flexibility index (Phi) is 3.93. The van der Waals surface area contributed by atoms with Crippen molar-refractivity contribution >= 4 is 15.9 Å². The average molecular weight is 258 g/mol. The van der Waals surface area contributed by atoms with Gasteiger partial charge in [-0.05, 0) is 39.9 Å². The lowest BCUT2D eigenvalue weighted by Gasteiger charge is -2.17. The molecule has 1 rings (SSSR count). The highest BCUT2D eigenvalue weighted by molar-refractivity contribution is 9.10. The molecule has 0 bridgehead atoms. The van der Waals surface area contributed by atoms with Gasteiger partial charge in [-0.25, -0.2) is 4.98 Å². The summed E-state index contributed by atoms with van der Waals surface area (Å²) in [4.78, 5) is 4.13. The zero-order valence-corrected chi connectivity index (χ0v) is 10.5. The maximum absolute atomic E-state index is 5.55. The predicted octanol–water partition coefficient (Wildman–Crippen LogP) is 3.66. The molecule has 0 fully saturated rings. The molecule has 0 aliphatic rings. The zero-order valence-electron chi connectivity index (χ0n) is 8.88. The van der Waals surface area contributed by atoms with Crippen LogP contribution in [0.15, 0.2) is 22.8 Å². The molecule has 0 radical (unpaired) electrons. The van der Waals surface area contributed by atoms with E-state index in [-0.39, 0.29) is 0 Å². The van der Waals surface area contributed by atoms with Crippen LogP contribution in [0.5, 0.6) is 5.88 Å². The number of halogens is 1. The molecule has 0 aliphatic carbocycles. The zero-order chi connectivity index (χ0) is 10.6. The number of hydrogen-bond donors (Lipinski definition) is 0. The van der Waals surface area contributed by atoms with E-state index >= 15 is 0 Å². The first-order chi connectivity index (χ1) is 6.49. The largest absolute Gasteiger partial charge is 0.477 e. The van der Waals surface area contributed by atoms with Crippen molar-refractivity contribution in [1.29, 1.82) is 0 Å². The van der Waals surface area contributed by atoms with Gasteiger partial charge in [-0.3, -0.25) is 0 Å². The maximum atomic E-state index is 5.55. The topological polar surface area (TPSA) is 22.1 Å². The molecule has 1 aromatic heterocycles. The smallest absolute Gasteiger partial charge is 0.227 e. The summed E-state index contributed by atoms with van der Waals surface area (Å²) >= 11 is 3.39. The molecule has 0 N–H and O–H groups in total. The van der Waals surface area contributed by atoms with E-state index in [1.54, 1.807) is 6.20 Å². The summed E-state index contributed by atoms with van der Waals surface area (Å²) in [5.41, 5.74) is 0.307. The maximum Gasteiger partial charge on any atom is 0.227 e. The van der Waals surface area contributed by atoms with E-state index in [0.717, 1.165) is 10.9 Å². The van der Waals surface area contributed by atoms with Crippen LogP contribution >= 0.6 is 15.9 Å². The summed E-state index contributed by atoms with van der Waals surface area (Å²) in [5.74, 6) is 0.678. The SMILES string of the molecule is CC(C)(C)CCOc1ncccc1Br. The van der Waals surface area contributed by atoms with E-state index in [1.165, 1.54) is 0 Å². The van der Waals surface area contributed by atoms with Crippen molar-refractivity contribution in [2.24, 2.45) is 5.41 Å². The van der Waals surface area contributed by atoms with Crippen LogP contribution in [0.2, 0.25) is 0 Å². The van der Waals surface area contributed by atoms with E-state index in [2.05, 4.69) is 41.7 Å². The van der Waals surface area contributed by atoms with E-state index in [1.807, 2.05) is 12.1 Å². The van der Waals surface area contributed by atoms with Crippen LogP contribution < -0.4 is 4.74 Å². The third kappa shape index (κ3) is 4.09. The van der Waals surface area contributed by atoms with Gasteiger partial charge in [0, 0.05) is 6.20 Å². The molecule has 0 aromatic carbocycles. The molecule has 1 heterocycles.